The molecule has 1 aromatic heterocycles. The van der Waals surface area contributed by atoms with Crippen LogP contribution in [0.2, 0.25) is 0 Å². The molecule has 2 aromatic rings. The summed E-state index contributed by atoms with van der Waals surface area (Å²) in [5.74, 6) is 0.210. The Labute approximate surface area is 154 Å². The standard InChI is InChI=1S/C15H18BrN3O5S/c1-10-7-11(19-24-10)9-17-15(20)13-8-12(3-4-14(13)16)25(21,22)18-5-6-23-2/h3-4,7-8,18H,5-6,9H2,1-2H3,(H,17,20). The molecule has 0 fully saturated rings. The minimum absolute atomic E-state index is 0.00534. The van der Waals surface area contributed by atoms with Crippen LogP contribution < -0.4 is 10.0 Å². The monoisotopic (exact) mass is 431 g/mol. The fourth-order valence-corrected chi connectivity index (χ4v) is 3.44. The highest BCUT2D eigenvalue weighted by Crippen LogP contribution is 2.21. The molecule has 1 amide bonds. The number of rotatable bonds is 8. The number of carbonyl (C=O) groups is 1. The zero-order chi connectivity index (χ0) is 18.4. The van der Waals surface area contributed by atoms with Crippen LogP contribution in [0.25, 0.3) is 0 Å². The number of aryl methyl sites for hydroxylation is 1. The van der Waals surface area contributed by atoms with Crippen LogP contribution in [-0.2, 0) is 21.3 Å². The van der Waals surface area contributed by atoms with Crippen molar-refractivity contribution in [3.63, 3.8) is 0 Å². The Balaban J connectivity index is 2.13. The van der Waals surface area contributed by atoms with Gasteiger partial charge in [-0.2, -0.15) is 0 Å². The minimum atomic E-state index is -3.73. The second kappa shape index (κ2) is 8.56. The SMILES string of the molecule is COCCNS(=O)(=O)c1ccc(Br)c(C(=O)NCc2cc(C)on2)c1. The van der Waals surface area contributed by atoms with Gasteiger partial charge in [-0.05, 0) is 41.1 Å². The average molecular weight is 432 g/mol. The minimum Gasteiger partial charge on any atom is -0.383 e. The Morgan fingerprint density at radius 3 is 2.76 bits per heavy atom. The normalized spacial score (nSPS) is 11.5. The van der Waals surface area contributed by atoms with E-state index in [1.54, 1.807) is 13.0 Å². The number of hydrogen-bond donors (Lipinski definition) is 2. The summed E-state index contributed by atoms with van der Waals surface area (Å²) in [4.78, 5) is 12.3. The van der Waals surface area contributed by atoms with Crippen LogP contribution >= 0.6 is 15.9 Å². The van der Waals surface area contributed by atoms with E-state index < -0.39 is 15.9 Å². The van der Waals surface area contributed by atoms with Crippen LogP contribution in [0.4, 0.5) is 0 Å². The van der Waals surface area contributed by atoms with E-state index in [0.29, 0.717) is 15.9 Å². The smallest absolute Gasteiger partial charge is 0.252 e. The van der Waals surface area contributed by atoms with Gasteiger partial charge in [-0.15, -0.1) is 0 Å². The van der Waals surface area contributed by atoms with E-state index in [9.17, 15) is 13.2 Å². The summed E-state index contributed by atoms with van der Waals surface area (Å²) >= 11 is 3.26. The number of ether oxygens (including phenoxy) is 1. The van der Waals surface area contributed by atoms with Crippen LogP contribution in [-0.4, -0.2) is 39.7 Å². The van der Waals surface area contributed by atoms with Crippen molar-refractivity contribution >= 4 is 31.9 Å². The van der Waals surface area contributed by atoms with E-state index in [1.807, 2.05) is 0 Å². The van der Waals surface area contributed by atoms with Gasteiger partial charge in [0.25, 0.3) is 5.91 Å². The van der Waals surface area contributed by atoms with Crippen LogP contribution in [0.5, 0.6) is 0 Å². The molecule has 0 aliphatic rings. The second-order valence-corrected chi connectivity index (χ2v) is 7.77. The molecule has 0 bridgehead atoms. The highest BCUT2D eigenvalue weighted by atomic mass is 79.9. The summed E-state index contributed by atoms with van der Waals surface area (Å²) in [7, 11) is -2.25. The first-order chi connectivity index (χ1) is 11.8. The summed E-state index contributed by atoms with van der Waals surface area (Å²) in [6, 6.07) is 5.94. The van der Waals surface area contributed by atoms with Gasteiger partial charge in [-0.25, -0.2) is 13.1 Å². The molecule has 0 aliphatic carbocycles. The number of sulfonamides is 1. The molecule has 2 N–H and O–H groups in total. The zero-order valence-corrected chi connectivity index (χ0v) is 16.1. The summed E-state index contributed by atoms with van der Waals surface area (Å²) in [6.45, 7) is 2.31. The number of nitrogens with one attached hydrogen (secondary N) is 2. The first-order valence-corrected chi connectivity index (χ1v) is 9.59. The van der Waals surface area contributed by atoms with Gasteiger partial charge in [0.15, 0.2) is 0 Å². The summed E-state index contributed by atoms with van der Waals surface area (Å²) in [5, 5.41) is 6.46. The van der Waals surface area contributed by atoms with Crippen molar-refractivity contribution in [2.45, 2.75) is 18.4 Å². The lowest BCUT2D eigenvalue weighted by molar-refractivity contribution is 0.0949. The van der Waals surface area contributed by atoms with Crippen molar-refractivity contribution in [2.24, 2.45) is 0 Å². The molecule has 136 valence electrons. The highest BCUT2D eigenvalue weighted by molar-refractivity contribution is 9.10. The Morgan fingerprint density at radius 2 is 2.12 bits per heavy atom. The quantitative estimate of drug-likeness (QED) is 0.614. The van der Waals surface area contributed by atoms with Gasteiger partial charge >= 0.3 is 0 Å². The number of nitrogens with zero attached hydrogens (tertiary/aromatic N) is 1. The molecule has 10 heteroatoms. The van der Waals surface area contributed by atoms with Gasteiger partial charge < -0.3 is 14.6 Å². The molecule has 1 aromatic carbocycles. The topological polar surface area (TPSA) is 111 Å². The number of carbonyl (C=O) groups excluding carboxylic acids is 1. The lowest BCUT2D eigenvalue weighted by Gasteiger charge is -2.10. The fraction of sp³-hybridized carbons (Fsp3) is 0.333. The predicted molar refractivity (Wildman–Crippen MR) is 93.6 cm³/mol. The summed E-state index contributed by atoms with van der Waals surface area (Å²) in [5.41, 5.74) is 0.779. The molecule has 0 unspecified atom stereocenters. The van der Waals surface area contributed by atoms with E-state index in [2.05, 4.69) is 31.1 Å². The molecule has 0 saturated heterocycles. The molecule has 1 heterocycles. The largest absolute Gasteiger partial charge is 0.383 e. The lowest BCUT2D eigenvalue weighted by atomic mass is 10.2. The van der Waals surface area contributed by atoms with Crippen molar-refractivity contribution in [1.29, 1.82) is 0 Å². The molecule has 25 heavy (non-hydrogen) atoms. The van der Waals surface area contributed by atoms with Gasteiger partial charge in [0.05, 0.1) is 23.6 Å². The molecule has 2 rings (SSSR count). The maximum absolute atomic E-state index is 12.4. The van der Waals surface area contributed by atoms with Crippen molar-refractivity contribution in [1.82, 2.24) is 15.2 Å². The number of halogens is 1. The molecule has 0 atom stereocenters. The third-order valence-electron chi connectivity index (χ3n) is 3.20. The Hall–Kier alpha value is -1.75. The van der Waals surface area contributed by atoms with Crippen molar-refractivity contribution in [3.05, 3.63) is 45.8 Å². The predicted octanol–water partition coefficient (Wildman–Crippen LogP) is 1.60. The van der Waals surface area contributed by atoms with Gasteiger partial charge in [0.2, 0.25) is 10.0 Å². The van der Waals surface area contributed by atoms with Crippen LogP contribution in [0.3, 0.4) is 0 Å². The van der Waals surface area contributed by atoms with Crippen LogP contribution in [0.15, 0.2) is 38.2 Å². The Morgan fingerprint density at radius 1 is 1.36 bits per heavy atom. The first kappa shape index (κ1) is 19.6. The van der Waals surface area contributed by atoms with E-state index in [1.165, 1.54) is 25.3 Å². The molecule has 8 nitrogen and oxygen atoms in total. The molecule has 0 saturated carbocycles. The third-order valence-corrected chi connectivity index (χ3v) is 5.35. The number of aromatic nitrogens is 1. The van der Waals surface area contributed by atoms with E-state index >= 15 is 0 Å². The van der Waals surface area contributed by atoms with Gasteiger partial charge in [-0.1, -0.05) is 5.16 Å². The van der Waals surface area contributed by atoms with Gasteiger partial charge in [0, 0.05) is 24.2 Å². The Kier molecular flexibility index (Phi) is 6.71. The zero-order valence-electron chi connectivity index (χ0n) is 13.7. The van der Waals surface area contributed by atoms with Crippen molar-refractivity contribution < 1.29 is 22.5 Å². The fourth-order valence-electron chi connectivity index (χ4n) is 1.97. The molecule has 0 aliphatic heterocycles. The number of hydrogen-bond acceptors (Lipinski definition) is 6. The maximum atomic E-state index is 12.4. The molecule has 0 spiro atoms. The van der Waals surface area contributed by atoms with Gasteiger partial charge in [0.1, 0.15) is 11.5 Å². The lowest BCUT2D eigenvalue weighted by Crippen LogP contribution is -2.28. The second-order valence-electron chi connectivity index (χ2n) is 5.14. The average Bonchev–Trinajstić information content (AvgIpc) is 2.98. The van der Waals surface area contributed by atoms with E-state index in [0.717, 1.165) is 0 Å². The first-order valence-electron chi connectivity index (χ1n) is 7.32. The third kappa shape index (κ3) is 5.36. The van der Waals surface area contributed by atoms with Crippen LogP contribution in [0.1, 0.15) is 21.8 Å². The summed E-state index contributed by atoms with van der Waals surface area (Å²) in [6.07, 6.45) is 0. The van der Waals surface area contributed by atoms with Crippen LogP contribution in [0, 0.1) is 6.92 Å². The van der Waals surface area contributed by atoms with Crippen molar-refractivity contribution in [2.75, 3.05) is 20.3 Å². The molecule has 0 radical (unpaired) electrons. The highest BCUT2D eigenvalue weighted by Gasteiger charge is 2.18. The maximum Gasteiger partial charge on any atom is 0.252 e. The number of methoxy groups -OCH3 is 1. The summed E-state index contributed by atoms with van der Waals surface area (Å²) < 4.78 is 37.1. The van der Waals surface area contributed by atoms with E-state index in [-0.39, 0.29) is 30.2 Å². The Bertz CT molecular complexity index is 851. The number of benzene rings is 1. The molecular formula is C15H18BrN3O5S. The number of amides is 1. The molecular weight excluding hydrogens is 414 g/mol. The van der Waals surface area contributed by atoms with Crippen molar-refractivity contribution in [3.8, 4) is 0 Å². The van der Waals surface area contributed by atoms with Gasteiger partial charge in [-0.3, -0.25) is 4.79 Å². The van der Waals surface area contributed by atoms with E-state index in [4.69, 9.17) is 9.26 Å².